The van der Waals surface area contributed by atoms with Crippen LogP contribution in [0.25, 0.3) is 16.8 Å². The van der Waals surface area contributed by atoms with E-state index >= 15 is 0 Å². The number of hydrogen-bond donors (Lipinski definition) is 1. The number of aryl methyl sites for hydroxylation is 2. The molecule has 1 N–H and O–H groups in total. The van der Waals surface area contributed by atoms with Crippen molar-refractivity contribution < 1.29 is 8.85 Å². The number of nitrogens with zero attached hydrogens (tertiary/aromatic N) is 8. The first-order valence-electron chi connectivity index (χ1n) is 10.8. The van der Waals surface area contributed by atoms with Crippen LogP contribution in [0.1, 0.15) is 22.5 Å². The monoisotopic (exact) mass is 408 g/mol. The SMILES string of the molecule is [2H]C([2H])([2H])n1c(=O)n(C2(C#N)CCOCC2)c2nc(Nc3cc4ncnn4cc3C)ncc21. The number of anilines is 2. The first kappa shape index (κ1) is 15.1. The number of hydrogen-bond acceptors (Lipinski definition) is 8. The van der Waals surface area contributed by atoms with Crippen LogP contribution in [0.2, 0.25) is 0 Å². The lowest BCUT2D eigenvalue weighted by atomic mass is 9.91. The topological polar surface area (TPSA) is 128 Å². The molecule has 0 atom stereocenters. The Kier molecular flexibility index (Phi) is 3.34. The van der Waals surface area contributed by atoms with Crippen molar-refractivity contribution in [3.63, 3.8) is 0 Å². The molecule has 4 aromatic rings. The fourth-order valence-electron chi connectivity index (χ4n) is 3.74. The average Bonchev–Trinajstić information content (AvgIpc) is 3.34. The van der Waals surface area contributed by atoms with E-state index in [9.17, 15) is 10.1 Å². The third-order valence-electron chi connectivity index (χ3n) is 5.40. The predicted octanol–water partition coefficient (Wildman–Crippen LogP) is 1.25. The third kappa shape index (κ3) is 2.65. The summed E-state index contributed by atoms with van der Waals surface area (Å²) in [5.41, 5.74) is 0.106. The Hall–Kier alpha value is -3.78. The highest BCUT2D eigenvalue weighted by atomic mass is 16.5. The van der Waals surface area contributed by atoms with Crippen LogP contribution in [-0.4, -0.2) is 46.9 Å². The zero-order chi connectivity index (χ0) is 23.4. The molecule has 1 fully saturated rings. The van der Waals surface area contributed by atoms with Gasteiger partial charge >= 0.3 is 5.69 Å². The molecule has 1 aliphatic heterocycles. The van der Waals surface area contributed by atoms with E-state index in [1.807, 2.05) is 6.92 Å². The highest BCUT2D eigenvalue weighted by Gasteiger charge is 2.38. The number of rotatable bonds is 3. The van der Waals surface area contributed by atoms with Crippen molar-refractivity contribution in [2.75, 3.05) is 18.5 Å². The Labute approximate surface area is 174 Å². The molecule has 0 bridgehead atoms. The largest absolute Gasteiger partial charge is 0.381 e. The number of nitrogens with one attached hydrogen (secondary N) is 1. The smallest absolute Gasteiger partial charge is 0.331 e. The lowest BCUT2D eigenvalue weighted by Gasteiger charge is -2.31. The number of pyridine rings is 1. The van der Waals surface area contributed by atoms with Gasteiger partial charge in [0.25, 0.3) is 0 Å². The van der Waals surface area contributed by atoms with Crippen molar-refractivity contribution in [1.29, 1.82) is 5.26 Å². The molecule has 0 amide bonds. The fourth-order valence-corrected chi connectivity index (χ4v) is 3.74. The molecule has 4 aromatic heterocycles. The van der Waals surface area contributed by atoms with E-state index in [4.69, 9.17) is 8.85 Å². The molecule has 0 spiro atoms. The molecule has 5 heterocycles. The molecular weight excluding hydrogens is 386 g/mol. The van der Waals surface area contributed by atoms with Gasteiger partial charge in [-0.15, -0.1) is 0 Å². The Morgan fingerprint density at radius 3 is 2.97 bits per heavy atom. The Bertz CT molecular complexity index is 1470. The van der Waals surface area contributed by atoms with Crippen LogP contribution in [0.3, 0.4) is 0 Å². The lowest BCUT2D eigenvalue weighted by molar-refractivity contribution is 0.0448. The second kappa shape index (κ2) is 6.64. The fraction of sp³-hybridized carbons (Fsp3) is 0.368. The van der Waals surface area contributed by atoms with E-state index in [0.29, 0.717) is 15.9 Å². The number of nitriles is 1. The summed E-state index contributed by atoms with van der Waals surface area (Å²) in [6.45, 7) is -0.353. The second-order valence-electron chi connectivity index (χ2n) is 7.17. The minimum Gasteiger partial charge on any atom is -0.381 e. The molecule has 11 nitrogen and oxygen atoms in total. The van der Waals surface area contributed by atoms with Crippen LogP contribution in [0.5, 0.6) is 0 Å². The van der Waals surface area contributed by atoms with Gasteiger partial charge in [0.05, 0.1) is 12.3 Å². The van der Waals surface area contributed by atoms with Gasteiger partial charge in [-0.05, 0) is 12.5 Å². The standard InChI is InChI=1S/C19H19N9O2/c1-12-9-27-15(22-11-23-27)7-13(12)24-17-21-8-14-16(25-17)28(18(29)26(14)2)19(10-20)3-5-30-6-4-19/h7-9,11H,3-6H2,1-2H3,(H,21,24,25)/i2D3. The molecule has 0 aliphatic carbocycles. The maximum Gasteiger partial charge on any atom is 0.331 e. The van der Waals surface area contributed by atoms with Crippen molar-refractivity contribution in [3.05, 3.63) is 40.8 Å². The van der Waals surface area contributed by atoms with Gasteiger partial charge in [0.2, 0.25) is 5.95 Å². The van der Waals surface area contributed by atoms with Gasteiger partial charge in [-0.1, -0.05) is 0 Å². The van der Waals surface area contributed by atoms with E-state index in [2.05, 4.69) is 31.4 Å². The molecule has 1 aliphatic rings. The van der Waals surface area contributed by atoms with Crippen LogP contribution in [0, 0.1) is 18.3 Å². The summed E-state index contributed by atoms with van der Waals surface area (Å²) in [6, 6.07) is 3.98. The van der Waals surface area contributed by atoms with Gasteiger partial charge in [-0.3, -0.25) is 9.13 Å². The molecule has 0 aromatic carbocycles. The molecule has 30 heavy (non-hydrogen) atoms. The number of aromatic nitrogens is 7. The van der Waals surface area contributed by atoms with Crippen molar-refractivity contribution in [2.24, 2.45) is 6.98 Å². The highest BCUT2D eigenvalue weighted by Crippen LogP contribution is 2.30. The van der Waals surface area contributed by atoms with Crippen LogP contribution in [0.4, 0.5) is 11.6 Å². The third-order valence-corrected chi connectivity index (χ3v) is 5.40. The zero-order valence-corrected chi connectivity index (χ0v) is 16.0. The van der Waals surface area contributed by atoms with E-state index < -0.39 is 18.2 Å². The van der Waals surface area contributed by atoms with Crippen molar-refractivity contribution in [1.82, 2.24) is 33.7 Å². The molecular formula is C19H19N9O2. The Morgan fingerprint density at radius 1 is 1.37 bits per heavy atom. The normalized spacial score (nSPS) is 17.9. The molecule has 0 radical (unpaired) electrons. The van der Waals surface area contributed by atoms with Crippen LogP contribution in [-0.2, 0) is 17.3 Å². The van der Waals surface area contributed by atoms with E-state index in [1.54, 1.807) is 16.8 Å². The van der Waals surface area contributed by atoms with Crippen LogP contribution >= 0.6 is 0 Å². The van der Waals surface area contributed by atoms with Crippen LogP contribution < -0.4 is 11.0 Å². The summed E-state index contributed by atoms with van der Waals surface area (Å²) >= 11 is 0. The Morgan fingerprint density at radius 2 is 2.20 bits per heavy atom. The molecule has 152 valence electrons. The number of imidazole rings is 1. The van der Waals surface area contributed by atoms with Crippen molar-refractivity contribution in [2.45, 2.75) is 25.3 Å². The second-order valence-corrected chi connectivity index (χ2v) is 7.17. The molecule has 0 saturated carbocycles. The van der Waals surface area contributed by atoms with Gasteiger partial charge in [-0.25, -0.2) is 19.3 Å². The van der Waals surface area contributed by atoms with Gasteiger partial charge in [0.15, 0.2) is 11.3 Å². The highest BCUT2D eigenvalue weighted by molar-refractivity contribution is 5.74. The maximum atomic E-state index is 13.3. The van der Waals surface area contributed by atoms with E-state index in [0.717, 1.165) is 5.56 Å². The first-order chi connectivity index (χ1) is 15.7. The Balaban J connectivity index is 1.70. The van der Waals surface area contributed by atoms with Gasteiger partial charge in [0, 0.05) is 55.1 Å². The summed E-state index contributed by atoms with van der Waals surface area (Å²) in [5, 5.41) is 17.2. The summed E-state index contributed by atoms with van der Waals surface area (Å²) in [6.07, 6.45) is 4.98. The van der Waals surface area contributed by atoms with Gasteiger partial charge in [-0.2, -0.15) is 15.3 Å². The van der Waals surface area contributed by atoms with Gasteiger partial charge in [0.1, 0.15) is 17.4 Å². The summed E-state index contributed by atoms with van der Waals surface area (Å²) in [4.78, 5) is 26.2. The van der Waals surface area contributed by atoms with E-state index in [-0.39, 0.29) is 43.2 Å². The lowest BCUT2D eigenvalue weighted by Crippen LogP contribution is -2.44. The maximum absolute atomic E-state index is 13.3. The number of fused-ring (bicyclic) bond motifs is 2. The van der Waals surface area contributed by atoms with Crippen LogP contribution in [0.15, 0.2) is 29.6 Å². The minimum atomic E-state index is -2.77. The number of ether oxygens (including phenoxy) is 1. The van der Waals surface area contributed by atoms with E-state index in [1.165, 1.54) is 17.1 Å². The first-order valence-corrected chi connectivity index (χ1v) is 9.31. The predicted molar refractivity (Wildman–Crippen MR) is 107 cm³/mol. The molecule has 0 unspecified atom stereocenters. The molecule has 11 heteroatoms. The molecule has 5 rings (SSSR count). The molecule has 1 saturated heterocycles. The van der Waals surface area contributed by atoms with Gasteiger partial charge < -0.3 is 10.1 Å². The average molecular weight is 408 g/mol. The summed E-state index contributed by atoms with van der Waals surface area (Å²) < 4.78 is 32.4. The zero-order valence-electron chi connectivity index (χ0n) is 19.0. The summed E-state index contributed by atoms with van der Waals surface area (Å²) in [7, 11) is 0. The quantitative estimate of drug-likeness (QED) is 0.536. The van der Waals surface area contributed by atoms with Crippen molar-refractivity contribution in [3.8, 4) is 6.07 Å². The minimum absolute atomic E-state index is 0.0243. The van der Waals surface area contributed by atoms with Crippen molar-refractivity contribution >= 4 is 28.4 Å². The summed E-state index contributed by atoms with van der Waals surface area (Å²) in [5.74, 6) is 0.144.